The minimum absolute atomic E-state index is 0.239. The Kier molecular flexibility index (Phi) is 3.63. The minimum Gasteiger partial charge on any atom is -0.336 e. The Labute approximate surface area is 84.9 Å². The van der Waals surface area contributed by atoms with E-state index in [0.29, 0.717) is 0 Å². The second-order valence-electron chi connectivity index (χ2n) is 4.01. The first-order chi connectivity index (χ1) is 6.52. The van der Waals surface area contributed by atoms with Crippen molar-refractivity contribution in [2.75, 3.05) is 27.2 Å². The van der Waals surface area contributed by atoms with Crippen LogP contribution in [0.15, 0.2) is 0 Å². The number of piperidine rings is 1. The van der Waals surface area contributed by atoms with Gasteiger partial charge in [0.15, 0.2) is 0 Å². The average molecular weight is 198 g/mol. The first-order valence-electron chi connectivity index (χ1n) is 4.98. The summed E-state index contributed by atoms with van der Waals surface area (Å²) in [5, 5.41) is 0. The SMILES string of the molecule is CC(=O)C(=O)N(C)C1CCN(C)CC1. The van der Waals surface area contributed by atoms with E-state index in [-0.39, 0.29) is 17.7 Å². The van der Waals surface area contributed by atoms with E-state index >= 15 is 0 Å². The van der Waals surface area contributed by atoms with Crippen molar-refractivity contribution in [2.24, 2.45) is 0 Å². The van der Waals surface area contributed by atoms with Gasteiger partial charge in [0.2, 0.25) is 5.78 Å². The first kappa shape index (κ1) is 11.2. The quantitative estimate of drug-likeness (QED) is 0.592. The van der Waals surface area contributed by atoms with E-state index in [1.54, 1.807) is 11.9 Å². The first-order valence-corrected chi connectivity index (χ1v) is 4.98. The van der Waals surface area contributed by atoms with Crippen LogP contribution in [0, 0.1) is 0 Å². The summed E-state index contributed by atoms with van der Waals surface area (Å²) >= 11 is 0. The Morgan fingerprint density at radius 1 is 1.29 bits per heavy atom. The van der Waals surface area contributed by atoms with Crippen LogP contribution >= 0.6 is 0 Å². The number of rotatable bonds is 2. The average Bonchev–Trinajstić information content (AvgIpc) is 2.16. The molecule has 4 nitrogen and oxygen atoms in total. The highest BCUT2D eigenvalue weighted by molar-refractivity contribution is 6.35. The predicted octanol–water partition coefficient (Wildman–Crippen LogP) is 0.128. The fourth-order valence-corrected chi connectivity index (χ4v) is 1.80. The number of amides is 1. The van der Waals surface area contributed by atoms with Crippen molar-refractivity contribution >= 4 is 11.7 Å². The van der Waals surface area contributed by atoms with Gasteiger partial charge in [-0.2, -0.15) is 0 Å². The summed E-state index contributed by atoms with van der Waals surface area (Å²) in [6.45, 7) is 3.33. The van der Waals surface area contributed by atoms with E-state index < -0.39 is 0 Å². The van der Waals surface area contributed by atoms with E-state index in [0.717, 1.165) is 25.9 Å². The van der Waals surface area contributed by atoms with Gasteiger partial charge in [0.25, 0.3) is 5.91 Å². The Morgan fingerprint density at radius 2 is 1.79 bits per heavy atom. The molecule has 0 spiro atoms. The van der Waals surface area contributed by atoms with Crippen molar-refractivity contribution in [1.82, 2.24) is 9.80 Å². The van der Waals surface area contributed by atoms with Gasteiger partial charge in [-0.15, -0.1) is 0 Å². The highest BCUT2D eigenvalue weighted by atomic mass is 16.2. The van der Waals surface area contributed by atoms with Crippen molar-refractivity contribution in [3.05, 3.63) is 0 Å². The zero-order valence-corrected chi connectivity index (χ0v) is 9.12. The van der Waals surface area contributed by atoms with Crippen LogP contribution in [-0.4, -0.2) is 54.7 Å². The Morgan fingerprint density at radius 3 is 2.21 bits per heavy atom. The molecule has 0 radical (unpaired) electrons. The van der Waals surface area contributed by atoms with Crippen LogP contribution in [0.1, 0.15) is 19.8 Å². The summed E-state index contributed by atoms with van der Waals surface area (Å²) in [4.78, 5) is 26.1. The number of hydrogen-bond donors (Lipinski definition) is 0. The van der Waals surface area contributed by atoms with E-state index in [1.165, 1.54) is 6.92 Å². The molecule has 14 heavy (non-hydrogen) atoms. The summed E-state index contributed by atoms with van der Waals surface area (Å²) in [5.41, 5.74) is 0. The molecule has 0 aliphatic carbocycles. The highest BCUT2D eigenvalue weighted by Gasteiger charge is 2.25. The van der Waals surface area contributed by atoms with Gasteiger partial charge >= 0.3 is 0 Å². The van der Waals surface area contributed by atoms with Gasteiger partial charge in [0.1, 0.15) is 0 Å². The molecule has 1 amide bonds. The monoisotopic (exact) mass is 198 g/mol. The van der Waals surface area contributed by atoms with Gasteiger partial charge in [-0.05, 0) is 33.0 Å². The lowest BCUT2D eigenvalue weighted by Crippen LogP contribution is -2.46. The molecule has 1 aliphatic heterocycles. The third kappa shape index (κ3) is 2.54. The molecule has 0 aromatic heterocycles. The van der Waals surface area contributed by atoms with Gasteiger partial charge < -0.3 is 9.80 Å². The molecular weight excluding hydrogens is 180 g/mol. The topological polar surface area (TPSA) is 40.6 Å². The van der Waals surface area contributed by atoms with E-state index in [2.05, 4.69) is 11.9 Å². The standard InChI is InChI=1S/C10H18N2O2/c1-8(13)10(14)12(3)9-4-6-11(2)7-5-9/h9H,4-7H2,1-3H3. The molecule has 1 heterocycles. The third-order valence-corrected chi connectivity index (χ3v) is 2.86. The lowest BCUT2D eigenvalue weighted by molar-refractivity contribution is -0.144. The zero-order valence-electron chi connectivity index (χ0n) is 9.12. The normalized spacial score (nSPS) is 19.4. The molecule has 1 rings (SSSR count). The molecule has 1 aliphatic rings. The molecule has 0 atom stereocenters. The maximum Gasteiger partial charge on any atom is 0.289 e. The zero-order chi connectivity index (χ0) is 10.7. The summed E-state index contributed by atoms with van der Waals surface area (Å²) in [6, 6.07) is 0.239. The fraction of sp³-hybridized carbons (Fsp3) is 0.800. The predicted molar refractivity (Wildman–Crippen MR) is 54.0 cm³/mol. The molecule has 0 saturated carbocycles. The summed E-state index contributed by atoms with van der Waals surface area (Å²) in [6.07, 6.45) is 1.93. The van der Waals surface area contributed by atoms with Crippen LogP contribution < -0.4 is 0 Å². The molecule has 0 unspecified atom stereocenters. The molecule has 4 heteroatoms. The van der Waals surface area contributed by atoms with Gasteiger partial charge in [0.05, 0.1) is 0 Å². The van der Waals surface area contributed by atoms with E-state index in [9.17, 15) is 9.59 Å². The van der Waals surface area contributed by atoms with Crippen LogP contribution in [0.25, 0.3) is 0 Å². The molecule has 0 aromatic carbocycles. The minimum atomic E-state index is -0.369. The largest absolute Gasteiger partial charge is 0.336 e. The molecular formula is C10H18N2O2. The number of ketones is 1. The number of nitrogens with zero attached hydrogens (tertiary/aromatic N) is 2. The third-order valence-electron chi connectivity index (χ3n) is 2.86. The van der Waals surface area contributed by atoms with Gasteiger partial charge in [0, 0.05) is 20.0 Å². The van der Waals surface area contributed by atoms with Crippen LogP contribution in [-0.2, 0) is 9.59 Å². The van der Waals surface area contributed by atoms with Crippen molar-refractivity contribution < 1.29 is 9.59 Å². The summed E-state index contributed by atoms with van der Waals surface area (Å²) in [7, 11) is 3.79. The number of carbonyl (C=O) groups is 2. The molecule has 1 saturated heterocycles. The van der Waals surface area contributed by atoms with Crippen molar-refractivity contribution in [3.63, 3.8) is 0 Å². The lowest BCUT2D eigenvalue weighted by Gasteiger charge is -2.34. The molecule has 1 fully saturated rings. The van der Waals surface area contributed by atoms with Gasteiger partial charge in [-0.1, -0.05) is 0 Å². The summed E-state index contributed by atoms with van der Waals surface area (Å²) < 4.78 is 0. The molecule has 0 bridgehead atoms. The molecule has 80 valence electrons. The number of hydrogen-bond acceptors (Lipinski definition) is 3. The maximum absolute atomic E-state index is 11.4. The molecule has 0 N–H and O–H groups in total. The maximum atomic E-state index is 11.4. The van der Waals surface area contributed by atoms with Crippen LogP contribution in [0.3, 0.4) is 0 Å². The second kappa shape index (κ2) is 4.55. The lowest BCUT2D eigenvalue weighted by atomic mass is 10.0. The van der Waals surface area contributed by atoms with Gasteiger partial charge in [-0.25, -0.2) is 0 Å². The smallest absolute Gasteiger partial charge is 0.289 e. The number of likely N-dealkylation sites (tertiary alicyclic amines) is 1. The Hall–Kier alpha value is -0.900. The number of Topliss-reactive ketones (excluding diaryl/α,β-unsaturated/α-hetero) is 1. The molecule has 0 aromatic rings. The van der Waals surface area contributed by atoms with Crippen LogP contribution in [0.4, 0.5) is 0 Å². The fourth-order valence-electron chi connectivity index (χ4n) is 1.80. The van der Waals surface area contributed by atoms with E-state index in [1.807, 2.05) is 0 Å². The Bertz CT molecular complexity index is 232. The number of likely N-dealkylation sites (N-methyl/N-ethyl adjacent to an activating group) is 1. The van der Waals surface area contributed by atoms with Crippen LogP contribution in [0.2, 0.25) is 0 Å². The van der Waals surface area contributed by atoms with Crippen molar-refractivity contribution in [1.29, 1.82) is 0 Å². The Balaban J connectivity index is 2.49. The second-order valence-corrected chi connectivity index (χ2v) is 4.01. The summed E-state index contributed by atoms with van der Waals surface area (Å²) in [5.74, 6) is -0.731. The van der Waals surface area contributed by atoms with Crippen molar-refractivity contribution in [2.45, 2.75) is 25.8 Å². The van der Waals surface area contributed by atoms with Crippen molar-refractivity contribution in [3.8, 4) is 0 Å². The number of carbonyl (C=O) groups excluding carboxylic acids is 2. The van der Waals surface area contributed by atoms with Gasteiger partial charge in [-0.3, -0.25) is 9.59 Å². The van der Waals surface area contributed by atoms with E-state index in [4.69, 9.17) is 0 Å². The highest BCUT2D eigenvalue weighted by Crippen LogP contribution is 2.14. The van der Waals surface area contributed by atoms with Crippen LogP contribution in [0.5, 0.6) is 0 Å².